The molecule has 2 aromatic carbocycles. The zero-order valence-electron chi connectivity index (χ0n) is 10.8. The highest BCUT2D eigenvalue weighted by Crippen LogP contribution is 2.30. The largest absolute Gasteiger partial charge is 0.306 e. The molecule has 0 saturated carbocycles. The second kappa shape index (κ2) is 6.53. The van der Waals surface area contributed by atoms with Crippen LogP contribution in [0.2, 0.25) is 10.0 Å². The van der Waals surface area contributed by atoms with Crippen LogP contribution in [-0.4, -0.2) is 6.54 Å². The van der Waals surface area contributed by atoms with Gasteiger partial charge in [-0.05, 0) is 30.3 Å². The molecule has 20 heavy (non-hydrogen) atoms. The van der Waals surface area contributed by atoms with Gasteiger partial charge in [0.2, 0.25) is 0 Å². The molecule has 1 unspecified atom stereocenters. The summed E-state index contributed by atoms with van der Waals surface area (Å²) >= 11 is 11.9. The third-order valence-electron chi connectivity index (χ3n) is 2.96. The van der Waals surface area contributed by atoms with Crippen LogP contribution >= 0.6 is 23.2 Å². The van der Waals surface area contributed by atoms with Crippen LogP contribution in [0.3, 0.4) is 0 Å². The Labute approximate surface area is 126 Å². The number of halogens is 4. The third-order valence-corrected chi connectivity index (χ3v) is 3.70. The Morgan fingerprint density at radius 1 is 1.05 bits per heavy atom. The Hall–Kier alpha value is -1.16. The molecule has 5 heteroatoms. The zero-order chi connectivity index (χ0) is 14.7. The van der Waals surface area contributed by atoms with Crippen LogP contribution in [0.4, 0.5) is 8.78 Å². The van der Waals surface area contributed by atoms with Crippen LogP contribution in [0.1, 0.15) is 24.1 Å². The SMILES string of the molecule is CCNC(c1ccc(Cl)c(Cl)c1)c1ccc(F)cc1F. The molecule has 0 spiro atoms. The monoisotopic (exact) mass is 315 g/mol. The molecule has 0 aliphatic rings. The van der Waals surface area contributed by atoms with Gasteiger partial charge >= 0.3 is 0 Å². The van der Waals surface area contributed by atoms with Crippen LogP contribution in [0.25, 0.3) is 0 Å². The van der Waals surface area contributed by atoms with Crippen molar-refractivity contribution >= 4 is 23.2 Å². The summed E-state index contributed by atoms with van der Waals surface area (Å²) in [5, 5.41) is 3.99. The normalized spacial score (nSPS) is 12.4. The van der Waals surface area contributed by atoms with Gasteiger partial charge in [-0.15, -0.1) is 0 Å². The standard InChI is InChI=1S/C15H13Cl2F2N/c1-2-20-15(9-3-6-12(16)13(17)7-9)11-5-4-10(18)8-14(11)19/h3-8,15,20H,2H2,1H3. The van der Waals surface area contributed by atoms with Gasteiger partial charge in [-0.3, -0.25) is 0 Å². The lowest BCUT2D eigenvalue weighted by Crippen LogP contribution is -2.23. The first-order valence-electron chi connectivity index (χ1n) is 6.16. The second-order valence-electron chi connectivity index (χ2n) is 4.33. The molecule has 0 heterocycles. The molecule has 0 saturated heterocycles. The van der Waals surface area contributed by atoms with Crippen molar-refractivity contribution in [3.8, 4) is 0 Å². The molecule has 0 bridgehead atoms. The van der Waals surface area contributed by atoms with E-state index in [1.54, 1.807) is 18.2 Å². The summed E-state index contributed by atoms with van der Waals surface area (Å²) in [4.78, 5) is 0. The number of benzene rings is 2. The first-order chi connectivity index (χ1) is 9.52. The predicted molar refractivity (Wildman–Crippen MR) is 78.3 cm³/mol. The molecule has 0 fully saturated rings. The Bertz CT molecular complexity index is 617. The Balaban J connectivity index is 2.47. The van der Waals surface area contributed by atoms with Gasteiger partial charge in [0.05, 0.1) is 16.1 Å². The van der Waals surface area contributed by atoms with E-state index in [1.165, 1.54) is 12.1 Å². The number of hydrogen-bond acceptors (Lipinski definition) is 1. The average molecular weight is 316 g/mol. The van der Waals surface area contributed by atoms with E-state index in [0.717, 1.165) is 11.6 Å². The number of rotatable bonds is 4. The Morgan fingerprint density at radius 2 is 1.80 bits per heavy atom. The van der Waals surface area contributed by atoms with Crippen LogP contribution in [0, 0.1) is 11.6 Å². The highest BCUT2D eigenvalue weighted by atomic mass is 35.5. The summed E-state index contributed by atoms with van der Waals surface area (Å²) in [7, 11) is 0. The minimum Gasteiger partial charge on any atom is -0.306 e. The number of hydrogen-bond donors (Lipinski definition) is 1. The molecule has 0 aliphatic carbocycles. The molecule has 0 amide bonds. The van der Waals surface area contributed by atoms with E-state index in [1.807, 2.05) is 6.92 Å². The average Bonchev–Trinajstić information content (AvgIpc) is 2.40. The Kier molecular flexibility index (Phi) is 4.97. The van der Waals surface area contributed by atoms with Crippen LogP contribution in [0.5, 0.6) is 0 Å². The maximum Gasteiger partial charge on any atom is 0.131 e. The van der Waals surface area contributed by atoms with E-state index in [-0.39, 0.29) is 0 Å². The smallest absolute Gasteiger partial charge is 0.131 e. The zero-order valence-corrected chi connectivity index (χ0v) is 12.3. The molecule has 0 radical (unpaired) electrons. The highest BCUT2D eigenvalue weighted by Gasteiger charge is 2.18. The van der Waals surface area contributed by atoms with Crippen molar-refractivity contribution in [1.82, 2.24) is 5.32 Å². The highest BCUT2D eigenvalue weighted by molar-refractivity contribution is 6.42. The summed E-state index contributed by atoms with van der Waals surface area (Å²) in [6.07, 6.45) is 0. The lowest BCUT2D eigenvalue weighted by Gasteiger charge is -2.20. The van der Waals surface area contributed by atoms with Crippen molar-refractivity contribution in [2.75, 3.05) is 6.54 Å². The molecule has 1 nitrogen and oxygen atoms in total. The van der Waals surface area contributed by atoms with Gasteiger partial charge in [0.25, 0.3) is 0 Å². The molecular weight excluding hydrogens is 303 g/mol. The molecule has 0 aromatic heterocycles. The van der Waals surface area contributed by atoms with Crippen molar-refractivity contribution in [3.05, 3.63) is 69.2 Å². The first kappa shape index (κ1) is 15.2. The maximum atomic E-state index is 14.0. The van der Waals surface area contributed by atoms with Crippen molar-refractivity contribution in [1.29, 1.82) is 0 Å². The van der Waals surface area contributed by atoms with E-state index >= 15 is 0 Å². The summed E-state index contributed by atoms with van der Waals surface area (Å²) in [6.45, 7) is 2.54. The van der Waals surface area contributed by atoms with Gasteiger partial charge < -0.3 is 5.32 Å². The van der Waals surface area contributed by atoms with Crippen molar-refractivity contribution < 1.29 is 8.78 Å². The molecule has 2 aromatic rings. The fourth-order valence-corrected chi connectivity index (χ4v) is 2.35. The lowest BCUT2D eigenvalue weighted by molar-refractivity contribution is 0.541. The van der Waals surface area contributed by atoms with E-state index in [0.29, 0.717) is 22.2 Å². The molecule has 2 rings (SSSR count). The minimum atomic E-state index is -0.601. The van der Waals surface area contributed by atoms with E-state index in [9.17, 15) is 8.78 Å². The quantitative estimate of drug-likeness (QED) is 0.840. The Morgan fingerprint density at radius 3 is 2.40 bits per heavy atom. The summed E-state index contributed by atoms with van der Waals surface area (Å²) in [6, 6.07) is 8.24. The van der Waals surface area contributed by atoms with Gasteiger partial charge in [0.15, 0.2) is 0 Å². The topological polar surface area (TPSA) is 12.0 Å². The summed E-state index contributed by atoms with van der Waals surface area (Å²) < 4.78 is 27.0. The molecular formula is C15H13Cl2F2N. The fraction of sp³-hybridized carbons (Fsp3) is 0.200. The van der Waals surface area contributed by atoms with Crippen LogP contribution < -0.4 is 5.32 Å². The van der Waals surface area contributed by atoms with Gasteiger partial charge in [-0.1, -0.05) is 42.3 Å². The van der Waals surface area contributed by atoms with Gasteiger partial charge in [-0.25, -0.2) is 8.78 Å². The second-order valence-corrected chi connectivity index (χ2v) is 5.14. The molecule has 1 atom stereocenters. The summed E-state index contributed by atoms with van der Waals surface area (Å²) in [5.74, 6) is -1.20. The van der Waals surface area contributed by atoms with E-state index in [4.69, 9.17) is 23.2 Å². The molecule has 106 valence electrons. The van der Waals surface area contributed by atoms with Crippen LogP contribution in [-0.2, 0) is 0 Å². The molecule has 1 N–H and O–H groups in total. The third kappa shape index (κ3) is 3.29. The molecule has 0 aliphatic heterocycles. The van der Waals surface area contributed by atoms with Crippen molar-refractivity contribution in [3.63, 3.8) is 0 Å². The van der Waals surface area contributed by atoms with Crippen molar-refractivity contribution in [2.24, 2.45) is 0 Å². The lowest BCUT2D eigenvalue weighted by atomic mass is 9.98. The van der Waals surface area contributed by atoms with Crippen molar-refractivity contribution in [2.45, 2.75) is 13.0 Å². The summed E-state index contributed by atoms with van der Waals surface area (Å²) in [5.41, 5.74) is 1.14. The minimum absolute atomic E-state index is 0.367. The maximum absolute atomic E-state index is 14.0. The van der Waals surface area contributed by atoms with E-state index in [2.05, 4.69) is 5.32 Å². The van der Waals surface area contributed by atoms with E-state index < -0.39 is 17.7 Å². The van der Waals surface area contributed by atoms with Gasteiger partial charge in [-0.2, -0.15) is 0 Å². The number of nitrogens with one attached hydrogen (secondary N) is 1. The fourth-order valence-electron chi connectivity index (χ4n) is 2.04. The van der Waals surface area contributed by atoms with Gasteiger partial charge in [0, 0.05) is 11.6 Å². The first-order valence-corrected chi connectivity index (χ1v) is 6.91. The predicted octanol–water partition coefficient (Wildman–Crippen LogP) is 4.97. The van der Waals surface area contributed by atoms with Crippen LogP contribution in [0.15, 0.2) is 36.4 Å². The van der Waals surface area contributed by atoms with Gasteiger partial charge in [0.1, 0.15) is 11.6 Å².